The highest BCUT2D eigenvalue weighted by atomic mass is 127. The second kappa shape index (κ2) is 11.6. The van der Waals surface area contributed by atoms with Crippen molar-refractivity contribution in [1.82, 2.24) is 20.4 Å². The number of rotatable bonds is 6. The molecule has 1 aromatic heterocycles. The molecule has 1 unspecified atom stereocenters. The molecule has 0 saturated heterocycles. The minimum Gasteiger partial charge on any atom is -0.393 e. The zero-order chi connectivity index (χ0) is 19.1. The van der Waals surface area contributed by atoms with E-state index in [1.54, 1.807) is 6.20 Å². The van der Waals surface area contributed by atoms with Crippen LogP contribution in [0.4, 0.5) is 0 Å². The maximum absolute atomic E-state index is 9.70. The fourth-order valence-electron chi connectivity index (χ4n) is 3.40. The van der Waals surface area contributed by atoms with Crippen molar-refractivity contribution in [1.29, 1.82) is 0 Å². The van der Waals surface area contributed by atoms with Crippen molar-refractivity contribution in [3.05, 3.63) is 53.3 Å². The lowest BCUT2D eigenvalue weighted by Crippen LogP contribution is -2.45. The third kappa shape index (κ3) is 6.63. The molecule has 2 aromatic rings. The lowest BCUT2D eigenvalue weighted by Gasteiger charge is -2.28. The minimum absolute atomic E-state index is 0. The molecule has 3 rings (SSSR count). The Morgan fingerprint density at radius 2 is 2.00 bits per heavy atom. The minimum atomic E-state index is -0.156. The van der Waals surface area contributed by atoms with E-state index < -0.39 is 0 Å². The van der Waals surface area contributed by atoms with Gasteiger partial charge in [-0.3, -0.25) is 9.67 Å². The summed E-state index contributed by atoms with van der Waals surface area (Å²) in [6.07, 6.45) is 7.20. The van der Waals surface area contributed by atoms with E-state index in [2.05, 4.69) is 22.7 Å². The van der Waals surface area contributed by atoms with Crippen LogP contribution in [0.3, 0.4) is 0 Å². The van der Waals surface area contributed by atoms with Gasteiger partial charge in [0.2, 0.25) is 0 Å². The average Bonchev–Trinajstić information content (AvgIpc) is 3.20. The van der Waals surface area contributed by atoms with E-state index >= 15 is 0 Å². The number of nitrogens with one attached hydrogen (secondary N) is 2. The Bertz CT molecular complexity index is 715. The van der Waals surface area contributed by atoms with E-state index in [0.29, 0.717) is 12.6 Å². The summed E-state index contributed by atoms with van der Waals surface area (Å²) in [5.74, 6) is 0.810. The van der Waals surface area contributed by atoms with Gasteiger partial charge >= 0.3 is 0 Å². The van der Waals surface area contributed by atoms with Gasteiger partial charge in [-0.2, -0.15) is 5.10 Å². The summed E-state index contributed by atoms with van der Waals surface area (Å²) in [5.41, 5.74) is 1.11. The summed E-state index contributed by atoms with van der Waals surface area (Å²) < 4.78 is 1.92. The van der Waals surface area contributed by atoms with Gasteiger partial charge in [0, 0.05) is 30.0 Å². The molecule has 1 aromatic carbocycles. The predicted molar refractivity (Wildman–Crippen MR) is 125 cm³/mol. The monoisotopic (exact) mass is 517 g/mol. The summed E-state index contributed by atoms with van der Waals surface area (Å²) in [5, 5.41) is 21.7. The van der Waals surface area contributed by atoms with Crippen molar-refractivity contribution in [2.45, 2.75) is 50.8 Å². The molecule has 1 heterocycles. The summed E-state index contributed by atoms with van der Waals surface area (Å²) in [6, 6.07) is 10.1. The first-order valence-corrected chi connectivity index (χ1v) is 10.0. The Morgan fingerprint density at radius 3 is 2.61 bits per heavy atom. The average molecular weight is 518 g/mol. The van der Waals surface area contributed by atoms with E-state index in [4.69, 9.17) is 16.6 Å². The van der Waals surface area contributed by atoms with Crippen molar-refractivity contribution < 1.29 is 5.11 Å². The second-order valence-electron chi connectivity index (χ2n) is 6.92. The molecule has 0 aliphatic heterocycles. The molecule has 0 radical (unpaired) electrons. The molecule has 1 fully saturated rings. The van der Waals surface area contributed by atoms with Crippen LogP contribution in [-0.4, -0.2) is 46.1 Å². The molecule has 154 valence electrons. The number of nitrogens with zero attached hydrogens (tertiary/aromatic N) is 3. The lowest BCUT2D eigenvalue weighted by molar-refractivity contribution is 0.120. The van der Waals surface area contributed by atoms with Gasteiger partial charge in [-0.25, -0.2) is 0 Å². The fourth-order valence-corrected chi connectivity index (χ4v) is 3.53. The van der Waals surface area contributed by atoms with Crippen molar-refractivity contribution in [3.8, 4) is 0 Å². The number of aliphatic imine (C=N–C) groups is 1. The van der Waals surface area contributed by atoms with Gasteiger partial charge in [-0.1, -0.05) is 23.7 Å². The van der Waals surface area contributed by atoms with E-state index in [9.17, 15) is 5.11 Å². The molecule has 1 aliphatic carbocycles. The highest BCUT2D eigenvalue weighted by Gasteiger charge is 2.20. The normalized spacial score (nSPS) is 20.9. The number of benzene rings is 1. The van der Waals surface area contributed by atoms with E-state index in [0.717, 1.165) is 48.8 Å². The van der Waals surface area contributed by atoms with Crippen molar-refractivity contribution in [2.75, 3.05) is 13.1 Å². The summed E-state index contributed by atoms with van der Waals surface area (Å²) >= 11 is 6.04. The molecule has 1 saturated carbocycles. The Balaban J connectivity index is 0.00000280. The molecule has 1 atom stereocenters. The Kier molecular flexibility index (Phi) is 9.53. The number of aromatic nitrogens is 2. The molecule has 0 spiro atoms. The van der Waals surface area contributed by atoms with Crippen LogP contribution < -0.4 is 10.6 Å². The molecular formula is C20H29ClIN5O. The molecule has 3 N–H and O–H groups in total. The topological polar surface area (TPSA) is 74.5 Å². The first-order valence-electron chi connectivity index (χ1n) is 9.63. The summed E-state index contributed by atoms with van der Waals surface area (Å²) in [6.45, 7) is 3.43. The molecule has 0 bridgehead atoms. The summed E-state index contributed by atoms with van der Waals surface area (Å²) in [4.78, 5) is 4.82. The van der Waals surface area contributed by atoms with Crippen LogP contribution in [0, 0.1) is 0 Å². The van der Waals surface area contributed by atoms with Crippen LogP contribution in [0.15, 0.2) is 47.7 Å². The van der Waals surface area contributed by atoms with Gasteiger partial charge < -0.3 is 15.7 Å². The molecule has 8 heteroatoms. The third-order valence-electron chi connectivity index (χ3n) is 4.90. The van der Waals surface area contributed by atoms with Gasteiger partial charge in [0.15, 0.2) is 5.96 Å². The first kappa shape index (κ1) is 23.0. The number of hydrogen-bond donors (Lipinski definition) is 3. The SMILES string of the molecule is CCNC(=NCC(c1ccc(Cl)cc1)n1cccn1)NC1CCC(O)CC1.I. The maximum atomic E-state index is 9.70. The molecular weight excluding hydrogens is 489 g/mol. The lowest BCUT2D eigenvalue weighted by atomic mass is 9.93. The summed E-state index contributed by atoms with van der Waals surface area (Å²) in [7, 11) is 0. The highest BCUT2D eigenvalue weighted by molar-refractivity contribution is 14.0. The second-order valence-corrected chi connectivity index (χ2v) is 7.36. The van der Waals surface area contributed by atoms with Crippen LogP contribution in [-0.2, 0) is 0 Å². The van der Waals surface area contributed by atoms with Gasteiger partial charge in [0.25, 0.3) is 0 Å². The first-order chi connectivity index (χ1) is 13.2. The Morgan fingerprint density at radius 1 is 1.29 bits per heavy atom. The van der Waals surface area contributed by atoms with Gasteiger partial charge in [0.1, 0.15) is 0 Å². The zero-order valence-corrected chi connectivity index (χ0v) is 19.2. The van der Waals surface area contributed by atoms with Crippen LogP contribution in [0.1, 0.15) is 44.2 Å². The van der Waals surface area contributed by atoms with Crippen LogP contribution in [0.25, 0.3) is 0 Å². The standard InChI is InChI=1S/C20H28ClN5O.HI/c1-2-22-20(25-17-8-10-18(27)11-9-17)23-14-19(26-13-3-12-24-26)15-4-6-16(21)7-5-15;/h3-7,12-13,17-19,27H,2,8-11,14H2,1H3,(H2,22,23,25);1H. The van der Waals surface area contributed by atoms with Crippen LogP contribution in [0.2, 0.25) is 5.02 Å². The van der Waals surface area contributed by atoms with E-state index in [1.165, 1.54) is 0 Å². The largest absolute Gasteiger partial charge is 0.393 e. The molecule has 0 amide bonds. The Hall–Kier alpha value is -1.32. The van der Waals surface area contributed by atoms with Crippen LogP contribution in [0.5, 0.6) is 0 Å². The number of halogens is 2. The van der Waals surface area contributed by atoms with Crippen LogP contribution >= 0.6 is 35.6 Å². The quantitative estimate of drug-likeness (QED) is 0.311. The molecule has 28 heavy (non-hydrogen) atoms. The molecule has 1 aliphatic rings. The number of guanidine groups is 1. The Labute approximate surface area is 188 Å². The van der Waals surface area contributed by atoms with Gasteiger partial charge in [-0.15, -0.1) is 24.0 Å². The van der Waals surface area contributed by atoms with E-state index in [1.807, 2.05) is 41.2 Å². The predicted octanol–water partition coefficient (Wildman–Crippen LogP) is 3.60. The van der Waals surface area contributed by atoms with Gasteiger partial charge in [-0.05, 0) is 56.4 Å². The number of hydrogen-bond acceptors (Lipinski definition) is 3. The highest BCUT2D eigenvalue weighted by Crippen LogP contribution is 2.21. The number of aliphatic hydroxyl groups excluding tert-OH is 1. The van der Waals surface area contributed by atoms with E-state index in [-0.39, 0.29) is 36.1 Å². The van der Waals surface area contributed by atoms with Crippen molar-refractivity contribution >= 4 is 41.5 Å². The van der Waals surface area contributed by atoms with Crippen molar-refractivity contribution in [3.63, 3.8) is 0 Å². The zero-order valence-electron chi connectivity index (χ0n) is 16.1. The van der Waals surface area contributed by atoms with Gasteiger partial charge in [0.05, 0.1) is 18.7 Å². The maximum Gasteiger partial charge on any atom is 0.191 e. The number of aliphatic hydroxyl groups is 1. The fraction of sp³-hybridized carbons (Fsp3) is 0.500. The molecule has 6 nitrogen and oxygen atoms in total. The van der Waals surface area contributed by atoms with Crippen molar-refractivity contribution in [2.24, 2.45) is 4.99 Å². The third-order valence-corrected chi connectivity index (χ3v) is 5.16. The smallest absolute Gasteiger partial charge is 0.191 e.